The molecule has 1 aromatic carbocycles. The van der Waals surface area contributed by atoms with Crippen molar-refractivity contribution >= 4 is 15.9 Å². The summed E-state index contributed by atoms with van der Waals surface area (Å²) in [7, 11) is 0. The molecule has 0 saturated carbocycles. The number of hydrogen-bond donors (Lipinski definition) is 1. The molecule has 2 N–H and O–H groups in total. The molecule has 0 aliphatic heterocycles. The van der Waals surface area contributed by atoms with E-state index in [1.165, 1.54) is 5.56 Å². The molecule has 1 aromatic heterocycles. The van der Waals surface area contributed by atoms with Gasteiger partial charge in [0.25, 0.3) is 0 Å². The van der Waals surface area contributed by atoms with E-state index in [9.17, 15) is 0 Å². The van der Waals surface area contributed by atoms with E-state index in [1.807, 2.05) is 35.9 Å². The Morgan fingerprint density at radius 1 is 1.38 bits per heavy atom. The standard InChI is InChI=1S/C12H14BrN3/c1-9(14)12(16-7-6-15-8-16)10-4-2-3-5-11(10)13/h2-9,12H,14H2,1H3. The van der Waals surface area contributed by atoms with Crippen LogP contribution in [0, 0.1) is 0 Å². The lowest BCUT2D eigenvalue weighted by Gasteiger charge is -2.23. The van der Waals surface area contributed by atoms with Gasteiger partial charge >= 0.3 is 0 Å². The molecule has 3 nitrogen and oxygen atoms in total. The van der Waals surface area contributed by atoms with Gasteiger partial charge in [-0.05, 0) is 18.6 Å². The van der Waals surface area contributed by atoms with Crippen molar-refractivity contribution in [2.75, 3.05) is 0 Å². The van der Waals surface area contributed by atoms with E-state index in [1.54, 1.807) is 12.5 Å². The summed E-state index contributed by atoms with van der Waals surface area (Å²) in [5, 5.41) is 0. The van der Waals surface area contributed by atoms with E-state index in [0.29, 0.717) is 0 Å². The zero-order chi connectivity index (χ0) is 11.5. The van der Waals surface area contributed by atoms with Crippen LogP contribution in [0.2, 0.25) is 0 Å². The number of imidazole rings is 1. The van der Waals surface area contributed by atoms with Gasteiger partial charge in [-0.25, -0.2) is 4.98 Å². The molecule has 4 heteroatoms. The van der Waals surface area contributed by atoms with Crippen LogP contribution in [0.5, 0.6) is 0 Å². The number of halogens is 1. The van der Waals surface area contributed by atoms with Crippen molar-refractivity contribution in [3.63, 3.8) is 0 Å². The van der Waals surface area contributed by atoms with Gasteiger partial charge < -0.3 is 10.3 Å². The number of rotatable bonds is 3. The van der Waals surface area contributed by atoms with Gasteiger partial charge in [0, 0.05) is 22.9 Å². The fourth-order valence-corrected chi connectivity index (χ4v) is 2.38. The van der Waals surface area contributed by atoms with Gasteiger partial charge in [0.05, 0.1) is 12.4 Å². The summed E-state index contributed by atoms with van der Waals surface area (Å²) in [6.45, 7) is 2.00. The van der Waals surface area contributed by atoms with Crippen molar-refractivity contribution in [1.29, 1.82) is 0 Å². The van der Waals surface area contributed by atoms with Crippen molar-refractivity contribution < 1.29 is 0 Å². The molecule has 2 aromatic rings. The third kappa shape index (κ3) is 2.18. The van der Waals surface area contributed by atoms with Crippen LogP contribution in [0.3, 0.4) is 0 Å². The minimum atomic E-state index is 0.0212. The highest BCUT2D eigenvalue weighted by Crippen LogP contribution is 2.27. The highest BCUT2D eigenvalue weighted by atomic mass is 79.9. The van der Waals surface area contributed by atoms with Crippen LogP contribution in [-0.4, -0.2) is 15.6 Å². The third-order valence-corrected chi connectivity index (χ3v) is 3.29. The first-order valence-corrected chi connectivity index (χ1v) is 5.97. The van der Waals surface area contributed by atoms with E-state index in [-0.39, 0.29) is 12.1 Å². The maximum absolute atomic E-state index is 6.06. The highest BCUT2D eigenvalue weighted by Gasteiger charge is 2.19. The van der Waals surface area contributed by atoms with E-state index in [2.05, 4.69) is 27.0 Å². The summed E-state index contributed by atoms with van der Waals surface area (Å²) >= 11 is 3.56. The van der Waals surface area contributed by atoms with E-state index in [4.69, 9.17) is 5.73 Å². The molecule has 2 atom stereocenters. The van der Waals surface area contributed by atoms with Crippen molar-refractivity contribution in [2.45, 2.75) is 19.0 Å². The van der Waals surface area contributed by atoms with Crippen LogP contribution >= 0.6 is 15.9 Å². The molecular weight excluding hydrogens is 266 g/mol. The van der Waals surface area contributed by atoms with E-state index >= 15 is 0 Å². The maximum Gasteiger partial charge on any atom is 0.0952 e. The molecule has 0 amide bonds. The summed E-state index contributed by atoms with van der Waals surface area (Å²) in [6.07, 6.45) is 5.51. The van der Waals surface area contributed by atoms with E-state index in [0.717, 1.165) is 4.47 Å². The van der Waals surface area contributed by atoms with Gasteiger partial charge in [-0.3, -0.25) is 0 Å². The van der Waals surface area contributed by atoms with Crippen LogP contribution in [0.25, 0.3) is 0 Å². The zero-order valence-corrected chi connectivity index (χ0v) is 10.6. The Hall–Kier alpha value is -1.13. The fourth-order valence-electron chi connectivity index (χ4n) is 1.86. The number of nitrogens with zero attached hydrogens (tertiary/aromatic N) is 2. The summed E-state index contributed by atoms with van der Waals surface area (Å²) < 4.78 is 3.11. The van der Waals surface area contributed by atoms with Gasteiger partial charge in [-0.1, -0.05) is 34.1 Å². The molecule has 2 rings (SSSR count). The highest BCUT2D eigenvalue weighted by molar-refractivity contribution is 9.10. The Morgan fingerprint density at radius 3 is 2.69 bits per heavy atom. The second-order valence-electron chi connectivity index (χ2n) is 3.84. The first-order valence-electron chi connectivity index (χ1n) is 5.17. The van der Waals surface area contributed by atoms with Crippen LogP contribution in [-0.2, 0) is 0 Å². The van der Waals surface area contributed by atoms with Gasteiger partial charge in [0.1, 0.15) is 0 Å². The second kappa shape index (κ2) is 4.80. The van der Waals surface area contributed by atoms with E-state index < -0.39 is 0 Å². The fraction of sp³-hybridized carbons (Fsp3) is 0.250. The summed E-state index contributed by atoms with van der Waals surface area (Å²) in [4.78, 5) is 4.07. The molecule has 84 valence electrons. The number of benzene rings is 1. The van der Waals surface area contributed by atoms with Crippen molar-refractivity contribution in [3.8, 4) is 0 Å². The molecule has 0 fully saturated rings. The molecule has 0 spiro atoms. The van der Waals surface area contributed by atoms with Gasteiger partial charge in [0.15, 0.2) is 0 Å². The SMILES string of the molecule is CC(N)C(c1ccccc1Br)n1ccnc1. The molecule has 16 heavy (non-hydrogen) atoms. The Balaban J connectivity index is 2.45. The first kappa shape index (κ1) is 11.4. The largest absolute Gasteiger partial charge is 0.328 e. The third-order valence-electron chi connectivity index (χ3n) is 2.57. The maximum atomic E-state index is 6.06. The van der Waals surface area contributed by atoms with Crippen LogP contribution < -0.4 is 5.73 Å². The molecule has 1 heterocycles. The molecule has 0 bridgehead atoms. The average Bonchev–Trinajstić information content (AvgIpc) is 2.74. The molecular formula is C12H14BrN3. The minimum absolute atomic E-state index is 0.0212. The predicted molar refractivity (Wildman–Crippen MR) is 68.2 cm³/mol. The van der Waals surface area contributed by atoms with Crippen LogP contribution in [0.4, 0.5) is 0 Å². The topological polar surface area (TPSA) is 43.8 Å². The molecule has 0 saturated heterocycles. The first-order chi connectivity index (χ1) is 7.70. The summed E-state index contributed by atoms with van der Waals surface area (Å²) in [5.41, 5.74) is 7.24. The quantitative estimate of drug-likeness (QED) is 0.939. The normalized spacial score (nSPS) is 14.7. The average molecular weight is 280 g/mol. The number of aromatic nitrogens is 2. The van der Waals surface area contributed by atoms with Crippen molar-refractivity contribution in [3.05, 3.63) is 53.0 Å². The van der Waals surface area contributed by atoms with Crippen LogP contribution in [0.15, 0.2) is 47.5 Å². The minimum Gasteiger partial charge on any atom is -0.328 e. The Morgan fingerprint density at radius 2 is 2.12 bits per heavy atom. The summed E-state index contributed by atoms with van der Waals surface area (Å²) in [6, 6.07) is 8.26. The number of hydrogen-bond acceptors (Lipinski definition) is 2. The molecule has 2 unspecified atom stereocenters. The number of nitrogens with two attached hydrogens (primary N) is 1. The van der Waals surface area contributed by atoms with Gasteiger partial charge in [-0.2, -0.15) is 0 Å². The summed E-state index contributed by atoms with van der Waals surface area (Å²) in [5.74, 6) is 0. The lowest BCUT2D eigenvalue weighted by atomic mass is 10.0. The predicted octanol–water partition coefficient (Wildman–Crippen LogP) is 2.58. The molecule has 0 radical (unpaired) electrons. The lowest BCUT2D eigenvalue weighted by Crippen LogP contribution is -2.29. The smallest absolute Gasteiger partial charge is 0.0952 e. The van der Waals surface area contributed by atoms with Gasteiger partial charge in [0.2, 0.25) is 0 Å². The van der Waals surface area contributed by atoms with Crippen molar-refractivity contribution in [1.82, 2.24) is 9.55 Å². The monoisotopic (exact) mass is 279 g/mol. The Bertz CT molecular complexity index is 451. The Labute approximate surface area is 103 Å². The lowest BCUT2D eigenvalue weighted by molar-refractivity contribution is 0.494. The second-order valence-corrected chi connectivity index (χ2v) is 4.69. The molecule has 0 aliphatic rings. The van der Waals surface area contributed by atoms with Crippen LogP contribution in [0.1, 0.15) is 18.5 Å². The Kier molecular flexibility index (Phi) is 3.41. The molecule has 0 aliphatic carbocycles. The zero-order valence-electron chi connectivity index (χ0n) is 9.05. The van der Waals surface area contributed by atoms with Gasteiger partial charge in [-0.15, -0.1) is 0 Å². The van der Waals surface area contributed by atoms with Crippen molar-refractivity contribution in [2.24, 2.45) is 5.73 Å².